The predicted octanol–water partition coefficient (Wildman–Crippen LogP) is 3.89. The van der Waals surface area contributed by atoms with Crippen LogP contribution in [0.2, 0.25) is 0 Å². The maximum absolute atomic E-state index is 5.72. The Morgan fingerprint density at radius 3 is 2.43 bits per heavy atom. The number of hydrogen-bond acceptors (Lipinski definition) is 5. The molecular weight excluding hydrogens is 372 g/mol. The Morgan fingerprint density at radius 2 is 1.75 bits per heavy atom. The largest absolute Gasteiger partial charge is 0.497 e. The average molecular weight is 395 g/mol. The summed E-state index contributed by atoms with van der Waals surface area (Å²) >= 11 is 5.72. The number of ether oxygens (including phenoxy) is 2. The SMILES string of the molecule is COc1ccc(NC(=S)N(Cc2ccncc2)Cc2cccnc2)c(OC)c1. The summed E-state index contributed by atoms with van der Waals surface area (Å²) in [5.74, 6) is 1.38. The van der Waals surface area contributed by atoms with Crippen LogP contribution in [0.15, 0.2) is 67.3 Å². The summed E-state index contributed by atoms with van der Waals surface area (Å²) in [4.78, 5) is 10.4. The van der Waals surface area contributed by atoms with Gasteiger partial charge in [-0.15, -0.1) is 0 Å². The number of pyridine rings is 2. The minimum absolute atomic E-state index is 0.587. The van der Waals surface area contributed by atoms with Crippen LogP contribution in [0.5, 0.6) is 11.5 Å². The van der Waals surface area contributed by atoms with Crippen LogP contribution in [0.25, 0.3) is 0 Å². The Morgan fingerprint density at radius 1 is 0.964 bits per heavy atom. The molecule has 6 nitrogen and oxygen atoms in total. The van der Waals surface area contributed by atoms with E-state index in [9.17, 15) is 0 Å². The summed E-state index contributed by atoms with van der Waals surface area (Å²) in [6.07, 6.45) is 7.16. The average Bonchev–Trinajstić information content (AvgIpc) is 2.75. The summed E-state index contributed by atoms with van der Waals surface area (Å²) in [5, 5.41) is 3.88. The highest BCUT2D eigenvalue weighted by atomic mass is 32.1. The molecule has 3 rings (SSSR count). The fourth-order valence-electron chi connectivity index (χ4n) is 2.72. The highest BCUT2D eigenvalue weighted by Gasteiger charge is 2.14. The van der Waals surface area contributed by atoms with Gasteiger partial charge in [-0.25, -0.2) is 0 Å². The molecule has 0 saturated heterocycles. The van der Waals surface area contributed by atoms with Gasteiger partial charge in [0.2, 0.25) is 0 Å². The molecule has 0 amide bonds. The number of methoxy groups -OCH3 is 2. The molecule has 144 valence electrons. The lowest BCUT2D eigenvalue weighted by Gasteiger charge is -2.26. The van der Waals surface area contributed by atoms with Crippen LogP contribution in [0, 0.1) is 0 Å². The summed E-state index contributed by atoms with van der Waals surface area (Å²) in [7, 11) is 3.24. The number of nitrogens with zero attached hydrogens (tertiary/aromatic N) is 3. The van der Waals surface area contributed by atoms with E-state index in [1.165, 1.54) is 0 Å². The van der Waals surface area contributed by atoms with E-state index in [1.54, 1.807) is 32.8 Å². The Labute approximate surface area is 170 Å². The molecular formula is C21H22N4O2S. The molecule has 2 aromatic heterocycles. The van der Waals surface area contributed by atoms with E-state index in [0.29, 0.717) is 24.0 Å². The van der Waals surface area contributed by atoms with Gasteiger partial charge in [-0.1, -0.05) is 6.07 Å². The number of hydrogen-bond donors (Lipinski definition) is 1. The molecule has 7 heteroatoms. The number of thiocarbonyl (C=S) groups is 1. The van der Waals surface area contributed by atoms with Gasteiger partial charge in [-0.05, 0) is 53.7 Å². The Hall–Kier alpha value is -3.19. The van der Waals surface area contributed by atoms with E-state index >= 15 is 0 Å². The van der Waals surface area contributed by atoms with Gasteiger partial charge in [0, 0.05) is 43.9 Å². The summed E-state index contributed by atoms with van der Waals surface area (Å²) in [5.41, 5.74) is 2.96. The van der Waals surface area contributed by atoms with Gasteiger partial charge in [0.05, 0.1) is 19.9 Å². The van der Waals surface area contributed by atoms with Gasteiger partial charge in [-0.2, -0.15) is 0 Å². The first-order chi connectivity index (χ1) is 13.7. The van der Waals surface area contributed by atoms with E-state index in [1.807, 2.05) is 48.7 Å². The normalized spacial score (nSPS) is 10.2. The van der Waals surface area contributed by atoms with Crippen molar-refractivity contribution in [1.29, 1.82) is 0 Å². The molecule has 0 radical (unpaired) electrons. The van der Waals surface area contributed by atoms with Crippen molar-refractivity contribution in [2.45, 2.75) is 13.1 Å². The van der Waals surface area contributed by atoms with Crippen LogP contribution >= 0.6 is 12.2 Å². The second-order valence-electron chi connectivity index (χ2n) is 6.07. The topological polar surface area (TPSA) is 59.5 Å². The maximum atomic E-state index is 5.72. The highest BCUT2D eigenvalue weighted by Crippen LogP contribution is 2.29. The third-order valence-corrected chi connectivity index (χ3v) is 4.52. The molecule has 0 saturated carbocycles. The maximum Gasteiger partial charge on any atom is 0.174 e. The number of aromatic nitrogens is 2. The highest BCUT2D eigenvalue weighted by molar-refractivity contribution is 7.80. The van der Waals surface area contributed by atoms with Crippen molar-refractivity contribution >= 4 is 23.0 Å². The zero-order chi connectivity index (χ0) is 19.8. The lowest BCUT2D eigenvalue weighted by atomic mass is 10.2. The van der Waals surface area contributed by atoms with Crippen LogP contribution < -0.4 is 14.8 Å². The van der Waals surface area contributed by atoms with Gasteiger partial charge >= 0.3 is 0 Å². The molecule has 3 aromatic rings. The molecule has 1 aromatic carbocycles. The minimum atomic E-state index is 0.587. The fraction of sp³-hybridized carbons (Fsp3) is 0.190. The zero-order valence-corrected chi connectivity index (χ0v) is 16.6. The molecule has 0 aliphatic carbocycles. The van der Waals surface area contributed by atoms with E-state index in [2.05, 4.69) is 20.2 Å². The lowest BCUT2D eigenvalue weighted by molar-refractivity contribution is 0.394. The van der Waals surface area contributed by atoms with Crippen LogP contribution in [0.4, 0.5) is 5.69 Å². The van der Waals surface area contributed by atoms with Crippen molar-refractivity contribution < 1.29 is 9.47 Å². The molecule has 0 aliphatic rings. The first-order valence-corrected chi connectivity index (χ1v) is 9.16. The molecule has 0 bridgehead atoms. The number of benzene rings is 1. The van der Waals surface area contributed by atoms with Gasteiger partial charge < -0.3 is 19.7 Å². The lowest BCUT2D eigenvalue weighted by Crippen LogP contribution is -2.34. The standard InChI is InChI=1S/C21H22N4O2S/c1-26-18-5-6-19(20(12-18)27-2)24-21(28)25(14-16-7-10-22-11-8-16)15-17-4-3-9-23-13-17/h3-13H,14-15H2,1-2H3,(H,24,28). The number of anilines is 1. The molecule has 2 heterocycles. The summed E-state index contributed by atoms with van der Waals surface area (Å²) in [6.45, 7) is 1.27. The van der Waals surface area contributed by atoms with Gasteiger partial charge in [0.1, 0.15) is 11.5 Å². The molecule has 28 heavy (non-hydrogen) atoms. The molecule has 0 atom stereocenters. The molecule has 0 fully saturated rings. The third-order valence-electron chi connectivity index (χ3n) is 4.16. The van der Waals surface area contributed by atoms with Crippen molar-refractivity contribution in [3.63, 3.8) is 0 Å². The van der Waals surface area contributed by atoms with Crippen molar-refractivity contribution in [3.8, 4) is 11.5 Å². The van der Waals surface area contributed by atoms with E-state index in [4.69, 9.17) is 21.7 Å². The molecule has 0 unspecified atom stereocenters. The Balaban J connectivity index is 1.81. The molecule has 0 spiro atoms. The molecule has 1 N–H and O–H groups in total. The fourth-order valence-corrected chi connectivity index (χ4v) is 2.96. The first kappa shape index (κ1) is 19.6. The van der Waals surface area contributed by atoms with Gasteiger partial charge in [0.25, 0.3) is 0 Å². The van der Waals surface area contributed by atoms with Crippen LogP contribution in [0.3, 0.4) is 0 Å². The van der Waals surface area contributed by atoms with Crippen LogP contribution in [-0.2, 0) is 13.1 Å². The van der Waals surface area contributed by atoms with Crippen LogP contribution in [0.1, 0.15) is 11.1 Å². The smallest absolute Gasteiger partial charge is 0.174 e. The summed E-state index contributed by atoms with van der Waals surface area (Å²) in [6, 6.07) is 13.5. The quantitative estimate of drug-likeness (QED) is 0.610. The molecule has 0 aliphatic heterocycles. The Kier molecular flexibility index (Phi) is 6.75. The number of rotatable bonds is 7. The van der Waals surface area contributed by atoms with Crippen molar-refractivity contribution in [3.05, 3.63) is 78.4 Å². The van der Waals surface area contributed by atoms with Crippen molar-refractivity contribution in [2.75, 3.05) is 19.5 Å². The van der Waals surface area contributed by atoms with Crippen molar-refractivity contribution in [1.82, 2.24) is 14.9 Å². The Bertz CT molecular complexity index is 865. The minimum Gasteiger partial charge on any atom is -0.497 e. The van der Waals surface area contributed by atoms with Crippen LogP contribution in [-0.4, -0.2) is 34.2 Å². The third kappa shape index (κ3) is 5.17. The zero-order valence-electron chi connectivity index (χ0n) is 15.8. The monoisotopic (exact) mass is 394 g/mol. The second-order valence-corrected chi connectivity index (χ2v) is 6.46. The van der Waals surface area contributed by atoms with Crippen molar-refractivity contribution in [2.24, 2.45) is 0 Å². The second kappa shape index (κ2) is 9.66. The predicted molar refractivity (Wildman–Crippen MR) is 113 cm³/mol. The van der Waals surface area contributed by atoms with E-state index in [-0.39, 0.29) is 0 Å². The van der Waals surface area contributed by atoms with Gasteiger partial charge in [-0.3, -0.25) is 9.97 Å². The number of nitrogens with one attached hydrogen (secondary N) is 1. The first-order valence-electron chi connectivity index (χ1n) is 8.75. The van der Waals surface area contributed by atoms with E-state index < -0.39 is 0 Å². The summed E-state index contributed by atoms with van der Waals surface area (Å²) < 4.78 is 10.7. The van der Waals surface area contributed by atoms with Gasteiger partial charge in [0.15, 0.2) is 5.11 Å². The van der Waals surface area contributed by atoms with E-state index in [0.717, 1.165) is 22.6 Å².